The number of nitrogens with one attached hydrogen (secondary N) is 2. The van der Waals surface area contributed by atoms with Crippen LogP contribution in [0.3, 0.4) is 0 Å². The van der Waals surface area contributed by atoms with E-state index >= 15 is 0 Å². The van der Waals surface area contributed by atoms with Crippen molar-refractivity contribution in [2.24, 2.45) is 0 Å². The second-order valence-electron chi connectivity index (χ2n) is 4.76. The Morgan fingerprint density at radius 1 is 1.10 bits per heavy atom. The number of aliphatic carboxylic acids is 1. The van der Waals surface area contributed by atoms with Crippen molar-refractivity contribution in [3.8, 4) is 0 Å². The molecule has 0 atom stereocenters. The van der Waals surface area contributed by atoms with Gasteiger partial charge in [0.1, 0.15) is 0 Å². The van der Waals surface area contributed by atoms with Crippen molar-refractivity contribution < 1.29 is 19.5 Å². The van der Waals surface area contributed by atoms with Gasteiger partial charge < -0.3 is 20.6 Å². The van der Waals surface area contributed by atoms with E-state index < -0.39 is 5.97 Å². The van der Waals surface area contributed by atoms with E-state index in [1.807, 2.05) is 20.8 Å². The molecule has 0 unspecified atom stereocenters. The van der Waals surface area contributed by atoms with Crippen LogP contribution in [0.15, 0.2) is 0 Å². The molecule has 0 bridgehead atoms. The zero-order valence-corrected chi connectivity index (χ0v) is 12.4. The van der Waals surface area contributed by atoms with Crippen molar-refractivity contribution in [3.05, 3.63) is 0 Å². The molecule has 0 aromatic rings. The van der Waals surface area contributed by atoms with Crippen LogP contribution in [0.25, 0.3) is 0 Å². The standard InChI is InChI=1S/C13H25N3O4/c1-4-7-14-11(17)5-8-15-13(20)16(10(2)3)9-6-12(18)19/h10H,4-9H2,1-3H3,(H,14,17)(H,15,20)(H,18,19). The summed E-state index contributed by atoms with van der Waals surface area (Å²) in [5.74, 6) is -1.05. The molecule has 3 amide bonds. The van der Waals surface area contributed by atoms with E-state index in [0.717, 1.165) is 6.42 Å². The molecule has 0 aromatic heterocycles. The van der Waals surface area contributed by atoms with Crippen molar-refractivity contribution in [2.45, 2.75) is 46.1 Å². The van der Waals surface area contributed by atoms with E-state index in [-0.39, 0.29) is 43.9 Å². The monoisotopic (exact) mass is 287 g/mol. The number of hydrogen-bond acceptors (Lipinski definition) is 3. The maximum atomic E-state index is 11.9. The van der Waals surface area contributed by atoms with Crippen molar-refractivity contribution in [2.75, 3.05) is 19.6 Å². The number of nitrogens with zero attached hydrogens (tertiary/aromatic N) is 1. The van der Waals surface area contributed by atoms with Gasteiger partial charge in [0.15, 0.2) is 0 Å². The van der Waals surface area contributed by atoms with Crippen LogP contribution in [0.4, 0.5) is 4.79 Å². The highest BCUT2D eigenvalue weighted by Crippen LogP contribution is 2.00. The zero-order valence-electron chi connectivity index (χ0n) is 12.4. The third-order valence-corrected chi connectivity index (χ3v) is 2.65. The molecule has 7 heteroatoms. The molecule has 3 N–H and O–H groups in total. The quantitative estimate of drug-likeness (QED) is 0.584. The third-order valence-electron chi connectivity index (χ3n) is 2.65. The summed E-state index contributed by atoms with van der Waals surface area (Å²) in [5, 5.41) is 14.0. The van der Waals surface area contributed by atoms with Crippen LogP contribution in [0, 0.1) is 0 Å². The third kappa shape index (κ3) is 8.34. The summed E-state index contributed by atoms with van der Waals surface area (Å²) in [6.07, 6.45) is 0.994. The summed E-state index contributed by atoms with van der Waals surface area (Å²) < 4.78 is 0. The van der Waals surface area contributed by atoms with Crippen molar-refractivity contribution in [1.82, 2.24) is 15.5 Å². The Morgan fingerprint density at radius 2 is 1.75 bits per heavy atom. The summed E-state index contributed by atoms with van der Waals surface area (Å²) in [4.78, 5) is 35.2. The molecule has 0 aliphatic carbocycles. The van der Waals surface area contributed by atoms with Crippen LogP contribution < -0.4 is 10.6 Å². The fourth-order valence-electron chi connectivity index (χ4n) is 1.55. The van der Waals surface area contributed by atoms with E-state index in [4.69, 9.17) is 5.11 Å². The van der Waals surface area contributed by atoms with Crippen LogP contribution in [-0.4, -0.2) is 53.6 Å². The van der Waals surface area contributed by atoms with Crippen LogP contribution in [0.5, 0.6) is 0 Å². The van der Waals surface area contributed by atoms with Crippen LogP contribution in [0.1, 0.15) is 40.0 Å². The second kappa shape index (κ2) is 10.1. The molecule has 0 heterocycles. The first kappa shape index (κ1) is 18.2. The lowest BCUT2D eigenvalue weighted by atomic mass is 10.3. The average Bonchev–Trinajstić information content (AvgIpc) is 2.35. The number of carboxylic acids is 1. The Morgan fingerprint density at radius 3 is 2.25 bits per heavy atom. The number of carboxylic acid groups (broad SMARTS) is 1. The van der Waals surface area contributed by atoms with Gasteiger partial charge in [0.05, 0.1) is 6.42 Å². The SMILES string of the molecule is CCCNC(=O)CCNC(=O)N(CCC(=O)O)C(C)C. The predicted octanol–water partition coefficient (Wildman–Crippen LogP) is 0.797. The Labute approximate surface area is 119 Å². The minimum absolute atomic E-state index is 0.0942. The van der Waals surface area contributed by atoms with E-state index in [2.05, 4.69) is 10.6 Å². The Hall–Kier alpha value is -1.79. The highest BCUT2D eigenvalue weighted by atomic mass is 16.4. The van der Waals surface area contributed by atoms with Gasteiger partial charge >= 0.3 is 12.0 Å². The number of urea groups is 1. The van der Waals surface area contributed by atoms with E-state index in [1.54, 1.807) is 0 Å². The number of amides is 3. The molecule has 0 aliphatic heterocycles. The first-order chi connectivity index (χ1) is 9.38. The number of carbonyl (C=O) groups is 3. The molecule has 0 fully saturated rings. The first-order valence-electron chi connectivity index (χ1n) is 6.91. The molecule has 0 saturated carbocycles. The highest BCUT2D eigenvalue weighted by Gasteiger charge is 2.17. The molecule has 7 nitrogen and oxygen atoms in total. The fourth-order valence-corrected chi connectivity index (χ4v) is 1.55. The minimum atomic E-state index is -0.942. The molecule has 0 aliphatic rings. The molecule has 0 aromatic carbocycles. The smallest absolute Gasteiger partial charge is 0.317 e. The fraction of sp³-hybridized carbons (Fsp3) is 0.769. The lowest BCUT2D eigenvalue weighted by Crippen LogP contribution is -2.45. The van der Waals surface area contributed by atoms with Crippen molar-refractivity contribution in [1.29, 1.82) is 0 Å². The predicted molar refractivity (Wildman–Crippen MR) is 75.4 cm³/mol. The Kier molecular flexibility index (Phi) is 9.15. The van der Waals surface area contributed by atoms with Crippen molar-refractivity contribution >= 4 is 17.9 Å². The average molecular weight is 287 g/mol. The number of hydrogen-bond donors (Lipinski definition) is 3. The molecule has 0 rings (SSSR count). The minimum Gasteiger partial charge on any atom is -0.481 e. The van der Waals surface area contributed by atoms with Gasteiger partial charge in [0.2, 0.25) is 5.91 Å². The lowest BCUT2D eigenvalue weighted by molar-refractivity contribution is -0.137. The Balaban J connectivity index is 4.07. The molecule has 0 radical (unpaired) electrons. The van der Waals surface area contributed by atoms with E-state index in [0.29, 0.717) is 6.54 Å². The van der Waals surface area contributed by atoms with Gasteiger partial charge in [-0.1, -0.05) is 6.92 Å². The summed E-state index contributed by atoms with van der Waals surface area (Å²) in [6, 6.07) is -0.437. The van der Waals surface area contributed by atoms with Crippen LogP contribution >= 0.6 is 0 Å². The van der Waals surface area contributed by atoms with Gasteiger partial charge in [-0.2, -0.15) is 0 Å². The lowest BCUT2D eigenvalue weighted by Gasteiger charge is -2.26. The maximum Gasteiger partial charge on any atom is 0.317 e. The zero-order chi connectivity index (χ0) is 15.5. The normalized spacial score (nSPS) is 10.2. The maximum absolute atomic E-state index is 11.9. The molecule has 0 spiro atoms. The summed E-state index contributed by atoms with van der Waals surface area (Å²) in [6.45, 7) is 6.62. The largest absolute Gasteiger partial charge is 0.481 e. The molecule has 0 saturated heterocycles. The summed E-state index contributed by atoms with van der Waals surface area (Å²) in [5.41, 5.74) is 0. The topological polar surface area (TPSA) is 98.7 Å². The van der Waals surface area contributed by atoms with E-state index in [1.165, 1.54) is 4.90 Å². The van der Waals surface area contributed by atoms with Gasteiger partial charge in [-0.15, -0.1) is 0 Å². The van der Waals surface area contributed by atoms with Crippen molar-refractivity contribution in [3.63, 3.8) is 0 Å². The Bertz CT molecular complexity index is 332. The van der Waals surface area contributed by atoms with Gasteiger partial charge in [0, 0.05) is 32.1 Å². The van der Waals surface area contributed by atoms with Crippen LogP contribution in [-0.2, 0) is 9.59 Å². The van der Waals surface area contributed by atoms with Gasteiger partial charge in [0.25, 0.3) is 0 Å². The van der Waals surface area contributed by atoms with E-state index in [9.17, 15) is 14.4 Å². The van der Waals surface area contributed by atoms with Gasteiger partial charge in [-0.3, -0.25) is 9.59 Å². The number of carbonyl (C=O) groups excluding carboxylic acids is 2. The summed E-state index contributed by atoms with van der Waals surface area (Å²) >= 11 is 0. The van der Waals surface area contributed by atoms with Crippen LogP contribution in [0.2, 0.25) is 0 Å². The molecular weight excluding hydrogens is 262 g/mol. The highest BCUT2D eigenvalue weighted by molar-refractivity contribution is 5.78. The first-order valence-corrected chi connectivity index (χ1v) is 6.91. The van der Waals surface area contributed by atoms with Gasteiger partial charge in [-0.05, 0) is 20.3 Å². The molecule has 20 heavy (non-hydrogen) atoms. The number of rotatable bonds is 9. The molecular formula is C13H25N3O4. The molecule has 116 valence electrons. The van der Waals surface area contributed by atoms with Gasteiger partial charge in [-0.25, -0.2) is 4.79 Å². The summed E-state index contributed by atoms with van der Waals surface area (Å²) in [7, 11) is 0. The second-order valence-corrected chi connectivity index (χ2v) is 4.76.